The summed E-state index contributed by atoms with van der Waals surface area (Å²) in [5.74, 6) is 3.36. The molecular weight excluding hydrogens is 616 g/mol. The zero-order chi connectivity index (χ0) is 32.6. The Hall–Kier alpha value is -3.64. The van der Waals surface area contributed by atoms with Crippen molar-refractivity contribution in [2.45, 2.75) is 25.0 Å². The number of benzene rings is 4. The summed E-state index contributed by atoms with van der Waals surface area (Å²) in [7, 11) is 0. The van der Waals surface area contributed by atoms with Crippen LogP contribution < -0.4 is 18.9 Å². The van der Waals surface area contributed by atoms with Crippen molar-refractivity contribution < 1.29 is 47.4 Å². The van der Waals surface area contributed by atoms with Crippen LogP contribution >= 0.6 is 0 Å². The number of rotatable bonds is 25. The first kappa shape index (κ1) is 34.2. The van der Waals surface area contributed by atoms with Gasteiger partial charge < -0.3 is 47.4 Å². The Labute approximate surface area is 282 Å². The van der Waals surface area contributed by atoms with Crippen LogP contribution in [0.5, 0.6) is 23.0 Å². The van der Waals surface area contributed by atoms with E-state index in [1.807, 2.05) is 36.4 Å². The van der Waals surface area contributed by atoms with Gasteiger partial charge in [-0.1, -0.05) is 24.3 Å². The van der Waals surface area contributed by atoms with Gasteiger partial charge >= 0.3 is 0 Å². The smallest absolute Gasteiger partial charge is 0.120 e. The van der Waals surface area contributed by atoms with Crippen molar-refractivity contribution in [1.82, 2.24) is 0 Å². The molecule has 2 unspecified atom stereocenters. The van der Waals surface area contributed by atoms with Crippen molar-refractivity contribution in [1.29, 1.82) is 0 Å². The molecule has 48 heavy (non-hydrogen) atoms. The number of unbranched alkanes of at least 4 members (excludes halogenated alkanes) is 1. The summed E-state index contributed by atoms with van der Waals surface area (Å²) in [6.45, 7) is 8.46. The highest BCUT2D eigenvalue weighted by Crippen LogP contribution is 2.27. The first-order valence-corrected chi connectivity index (χ1v) is 16.9. The Morgan fingerprint density at radius 3 is 1.06 bits per heavy atom. The van der Waals surface area contributed by atoms with Gasteiger partial charge in [0.05, 0.1) is 79.3 Å². The number of epoxide rings is 2. The molecule has 2 fully saturated rings. The van der Waals surface area contributed by atoms with Crippen LogP contribution in [0, 0.1) is 0 Å². The molecule has 0 aliphatic carbocycles. The number of ether oxygens (including phenoxy) is 10. The maximum absolute atomic E-state index is 6.02. The van der Waals surface area contributed by atoms with Gasteiger partial charge in [0.1, 0.15) is 48.4 Å². The van der Waals surface area contributed by atoms with Crippen LogP contribution in [0.1, 0.15) is 12.8 Å². The first-order valence-electron chi connectivity index (χ1n) is 16.9. The predicted octanol–water partition coefficient (Wildman–Crippen LogP) is 5.85. The van der Waals surface area contributed by atoms with E-state index in [9.17, 15) is 0 Å². The molecule has 2 heterocycles. The van der Waals surface area contributed by atoms with Crippen LogP contribution in [0.25, 0.3) is 21.5 Å². The van der Waals surface area contributed by atoms with Gasteiger partial charge in [-0.05, 0) is 82.9 Å². The SMILES string of the molecule is c1cc2cc(OCCOCCOCC3CO3)ccc2cc1OCCCCOc1ccc2cc(OCCOCCOCC3CO3)ccc2c1. The molecule has 0 saturated carbocycles. The highest BCUT2D eigenvalue weighted by molar-refractivity contribution is 5.86. The minimum Gasteiger partial charge on any atom is -0.494 e. The summed E-state index contributed by atoms with van der Waals surface area (Å²) in [5.41, 5.74) is 0. The zero-order valence-electron chi connectivity index (χ0n) is 27.5. The van der Waals surface area contributed by atoms with E-state index in [4.69, 9.17) is 47.4 Å². The summed E-state index contributed by atoms with van der Waals surface area (Å²) < 4.78 is 56.0. The van der Waals surface area contributed by atoms with E-state index in [0.29, 0.717) is 79.3 Å². The second-order valence-electron chi connectivity index (χ2n) is 11.7. The maximum atomic E-state index is 6.02. The standard InChI is InChI=1S/C38H46O10/c1(11-43-33-7-3-31-23-35(9-5-29(31)21-33)45-19-17-39-13-15-41-25-37-27-47-37)2-12-44-34-8-4-32-24-36(10-6-30(32)22-34)46-20-18-40-14-16-42-26-38-28-48-38/h3-10,21-24,37-38H,1-2,11-20,25-28H2. The van der Waals surface area contributed by atoms with Crippen LogP contribution in [-0.2, 0) is 28.4 Å². The number of fused-ring (bicyclic) bond motifs is 2. The van der Waals surface area contributed by atoms with Crippen molar-refractivity contribution >= 4 is 21.5 Å². The summed E-state index contributed by atoms with van der Waals surface area (Å²) in [6, 6.07) is 24.4. The largest absolute Gasteiger partial charge is 0.494 e. The lowest BCUT2D eigenvalue weighted by Crippen LogP contribution is -2.12. The quantitative estimate of drug-likeness (QED) is 0.0635. The van der Waals surface area contributed by atoms with E-state index < -0.39 is 0 Å². The lowest BCUT2D eigenvalue weighted by Gasteiger charge is -2.11. The molecule has 0 amide bonds. The lowest BCUT2D eigenvalue weighted by atomic mass is 10.1. The van der Waals surface area contributed by atoms with Crippen molar-refractivity contribution in [2.75, 3.05) is 92.5 Å². The molecular formula is C38H46O10. The van der Waals surface area contributed by atoms with Crippen LogP contribution in [0.2, 0.25) is 0 Å². The Bertz CT molecular complexity index is 1420. The average molecular weight is 663 g/mol. The fourth-order valence-electron chi connectivity index (χ4n) is 4.98. The van der Waals surface area contributed by atoms with E-state index in [1.54, 1.807) is 0 Å². The van der Waals surface area contributed by atoms with Crippen molar-refractivity contribution in [3.8, 4) is 23.0 Å². The number of hydrogen-bond acceptors (Lipinski definition) is 10. The normalized spacial score (nSPS) is 16.7. The fourth-order valence-corrected chi connectivity index (χ4v) is 4.98. The molecule has 10 heteroatoms. The van der Waals surface area contributed by atoms with E-state index in [0.717, 1.165) is 70.6 Å². The minimum atomic E-state index is 0.288. The molecule has 0 bridgehead atoms. The minimum absolute atomic E-state index is 0.288. The highest BCUT2D eigenvalue weighted by atomic mass is 16.6. The van der Waals surface area contributed by atoms with E-state index in [1.165, 1.54) is 0 Å². The first-order chi connectivity index (χ1) is 23.8. The average Bonchev–Trinajstić information content (AvgIpc) is 4.05. The third-order valence-corrected chi connectivity index (χ3v) is 7.79. The van der Waals surface area contributed by atoms with Crippen LogP contribution in [0.4, 0.5) is 0 Å². The molecule has 0 spiro atoms. The summed E-state index contributed by atoms with van der Waals surface area (Å²) >= 11 is 0. The molecule has 2 saturated heterocycles. The fraction of sp³-hybridized carbons (Fsp3) is 0.474. The van der Waals surface area contributed by atoms with Gasteiger partial charge in [-0.25, -0.2) is 0 Å². The molecule has 10 nitrogen and oxygen atoms in total. The van der Waals surface area contributed by atoms with E-state index in [2.05, 4.69) is 36.4 Å². The Balaban J connectivity index is 0.813. The Morgan fingerprint density at radius 2 is 0.708 bits per heavy atom. The third kappa shape index (κ3) is 12.1. The van der Waals surface area contributed by atoms with Gasteiger partial charge in [0.15, 0.2) is 0 Å². The predicted molar refractivity (Wildman–Crippen MR) is 182 cm³/mol. The molecule has 6 rings (SSSR count). The lowest BCUT2D eigenvalue weighted by molar-refractivity contribution is 0.0317. The van der Waals surface area contributed by atoms with Crippen molar-refractivity contribution in [3.63, 3.8) is 0 Å². The van der Waals surface area contributed by atoms with Gasteiger partial charge in [0.25, 0.3) is 0 Å². The van der Waals surface area contributed by atoms with Gasteiger partial charge in [-0.15, -0.1) is 0 Å². The molecule has 0 radical (unpaired) electrons. The summed E-state index contributed by atoms with van der Waals surface area (Å²) in [4.78, 5) is 0. The second-order valence-corrected chi connectivity index (χ2v) is 11.7. The summed E-state index contributed by atoms with van der Waals surface area (Å²) in [5, 5.41) is 4.42. The highest BCUT2D eigenvalue weighted by Gasteiger charge is 2.22. The van der Waals surface area contributed by atoms with E-state index >= 15 is 0 Å². The molecule has 2 aliphatic rings. The van der Waals surface area contributed by atoms with Crippen molar-refractivity contribution in [2.24, 2.45) is 0 Å². The maximum Gasteiger partial charge on any atom is 0.120 e. The van der Waals surface area contributed by atoms with Gasteiger partial charge in [-0.3, -0.25) is 0 Å². The number of hydrogen-bond donors (Lipinski definition) is 0. The van der Waals surface area contributed by atoms with E-state index in [-0.39, 0.29) is 12.2 Å². The topological polar surface area (TPSA) is 98.9 Å². The monoisotopic (exact) mass is 662 g/mol. The van der Waals surface area contributed by atoms with Gasteiger partial charge in [0.2, 0.25) is 0 Å². The van der Waals surface area contributed by atoms with Crippen LogP contribution in [0.15, 0.2) is 72.8 Å². The second kappa shape index (κ2) is 18.8. The Kier molecular flexibility index (Phi) is 13.4. The molecule has 0 N–H and O–H groups in total. The van der Waals surface area contributed by atoms with Crippen LogP contribution in [0.3, 0.4) is 0 Å². The molecule has 0 aromatic heterocycles. The third-order valence-electron chi connectivity index (χ3n) is 7.79. The van der Waals surface area contributed by atoms with Crippen molar-refractivity contribution in [3.05, 3.63) is 72.8 Å². The molecule has 2 atom stereocenters. The van der Waals surface area contributed by atoms with Gasteiger partial charge in [-0.2, -0.15) is 0 Å². The summed E-state index contributed by atoms with van der Waals surface area (Å²) in [6.07, 6.45) is 2.37. The van der Waals surface area contributed by atoms with Crippen LogP contribution in [-0.4, -0.2) is 105 Å². The molecule has 4 aromatic rings. The molecule has 2 aliphatic heterocycles. The zero-order valence-corrected chi connectivity index (χ0v) is 27.5. The molecule has 4 aromatic carbocycles. The Morgan fingerprint density at radius 1 is 0.396 bits per heavy atom. The van der Waals surface area contributed by atoms with Gasteiger partial charge in [0, 0.05) is 0 Å². The molecule has 258 valence electrons.